The maximum atomic E-state index is 11.7. The van der Waals surface area contributed by atoms with E-state index in [0.29, 0.717) is 5.69 Å². The van der Waals surface area contributed by atoms with E-state index in [1.165, 1.54) is 25.3 Å². The molecule has 0 atom stereocenters. The van der Waals surface area contributed by atoms with E-state index >= 15 is 0 Å². The van der Waals surface area contributed by atoms with Crippen molar-refractivity contribution in [1.82, 2.24) is 5.32 Å². The standard InChI is InChI=1S/C14H17N3O6S/c1-3-23-13(19)7-6-12(18)16-14(24)15-10-5-4-9(17(20)21)8-11(10)22-2/h4-5,8H,3,6-7H2,1-2H3,(H2,15,16,18,24). The van der Waals surface area contributed by atoms with E-state index in [1.54, 1.807) is 6.92 Å². The number of thiocarbonyl (C=S) groups is 1. The van der Waals surface area contributed by atoms with Crippen LogP contribution in [0.2, 0.25) is 0 Å². The van der Waals surface area contributed by atoms with Gasteiger partial charge in [0.15, 0.2) is 5.11 Å². The van der Waals surface area contributed by atoms with E-state index < -0.39 is 16.8 Å². The number of hydrogen-bond donors (Lipinski definition) is 2. The number of esters is 1. The van der Waals surface area contributed by atoms with Crippen LogP contribution in [0, 0.1) is 10.1 Å². The van der Waals surface area contributed by atoms with Crippen LogP contribution in [0.5, 0.6) is 5.75 Å². The quantitative estimate of drug-likeness (QED) is 0.329. The molecule has 9 nitrogen and oxygen atoms in total. The predicted molar refractivity (Wildman–Crippen MR) is 89.9 cm³/mol. The SMILES string of the molecule is CCOC(=O)CCC(=O)NC(=S)Nc1ccc([N+](=O)[O-])cc1OC. The summed E-state index contributed by atoms with van der Waals surface area (Å²) in [6.07, 6.45) is -0.124. The molecule has 0 aromatic heterocycles. The third kappa shape index (κ3) is 6.16. The number of nitro groups is 1. The number of benzene rings is 1. The van der Waals surface area contributed by atoms with Crippen LogP contribution in [0.15, 0.2) is 18.2 Å². The van der Waals surface area contributed by atoms with Gasteiger partial charge in [0, 0.05) is 12.5 Å². The Morgan fingerprint density at radius 1 is 1.33 bits per heavy atom. The second-order valence-electron chi connectivity index (χ2n) is 4.45. The minimum atomic E-state index is -0.554. The number of anilines is 1. The maximum absolute atomic E-state index is 11.7. The zero-order valence-electron chi connectivity index (χ0n) is 13.2. The number of nitrogens with one attached hydrogen (secondary N) is 2. The predicted octanol–water partition coefficient (Wildman–Crippen LogP) is 1.76. The van der Waals surface area contributed by atoms with Crippen molar-refractivity contribution in [3.63, 3.8) is 0 Å². The maximum Gasteiger partial charge on any atom is 0.306 e. The van der Waals surface area contributed by atoms with E-state index in [-0.39, 0.29) is 36.0 Å². The summed E-state index contributed by atoms with van der Waals surface area (Å²) in [6, 6.07) is 3.91. The third-order valence-corrected chi connectivity index (χ3v) is 2.96. The molecule has 2 N–H and O–H groups in total. The molecule has 0 aliphatic heterocycles. The van der Waals surface area contributed by atoms with Gasteiger partial charge in [-0.3, -0.25) is 19.7 Å². The molecule has 0 fully saturated rings. The summed E-state index contributed by atoms with van der Waals surface area (Å²) in [4.78, 5) is 33.0. The largest absolute Gasteiger partial charge is 0.494 e. The number of rotatable bonds is 7. The fraction of sp³-hybridized carbons (Fsp3) is 0.357. The lowest BCUT2D eigenvalue weighted by Gasteiger charge is -2.12. The number of carbonyl (C=O) groups excluding carboxylic acids is 2. The number of amides is 1. The molecule has 0 unspecified atom stereocenters. The Balaban J connectivity index is 2.60. The number of non-ortho nitro benzene ring substituents is 1. The Morgan fingerprint density at radius 3 is 2.62 bits per heavy atom. The smallest absolute Gasteiger partial charge is 0.306 e. The third-order valence-electron chi connectivity index (χ3n) is 2.76. The highest BCUT2D eigenvalue weighted by atomic mass is 32.1. The van der Waals surface area contributed by atoms with Gasteiger partial charge in [-0.15, -0.1) is 0 Å². The zero-order chi connectivity index (χ0) is 18.1. The zero-order valence-corrected chi connectivity index (χ0v) is 14.0. The van der Waals surface area contributed by atoms with Crippen molar-refractivity contribution >= 4 is 40.6 Å². The van der Waals surface area contributed by atoms with Crippen LogP contribution < -0.4 is 15.4 Å². The van der Waals surface area contributed by atoms with Crippen molar-refractivity contribution in [2.45, 2.75) is 19.8 Å². The molecule has 0 spiro atoms. The van der Waals surface area contributed by atoms with E-state index in [2.05, 4.69) is 10.6 Å². The van der Waals surface area contributed by atoms with Crippen molar-refractivity contribution in [3.05, 3.63) is 28.3 Å². The first-order chi connectivity index (χ1) is 11.4. The second-order valence-corrected chi connectivity index (χ2v) is 4.86. The molecule has 10 heteroatoms. The number of nitrogens with zero attached hydrogens (tertiary/aromatic N) is 1. The normalized spacial score (nSPS) is 9.75. The lowest BCUT2D eigenvalue weighted by atomic mass is 10.2. The number of nitro benzene ring substituents is 1. The average Bonchev–Trinajstić information content (AvgIpc) is 2.53. The van der Waals surface area contributed by atoms with Gasteiger partial charge in [0.05, 0.1) is 36.8 Å². The topological polar surface area (TPSA) is 120 Å². The van der Waals surface area contributed by atoms with Crippen LogP contribution in [0.4, 0.5) is 11.4 Å². The summed E-state index contributed by atoms with van der Waals surface area (Å²) in [5, 5.41) is 15.8. The van der Waals surface area contributed by atoms with Gasteiger partial charge in [0.2, 0.25) is 5.91 Å². The van der Waals surface area contributed by atoms with Gasteiger partial charge < -0.3 is 20.1 Å². The van der Waals surface area contributed by atoms with E-state index in [9.17, 15) is 19.7 Å². The summed E-state index contributed by atoms with van der Waals surface area (Å²) in [5.41, 5.74) is 0.223. The van der Waals surface area contributed by atoms with Crippen LogP contribution in [0.3, 0.4) is 0 Å². The highest BCUT2D eigenvalue weighted by Gasteiger charge is 2.14. The van der Waals surface area contributed by atoms with E-state index in [1.807, 2.05) is 0 Å². The summed E-state index contributed by atoms with van der Waals surface area (Å²) in [7, 11) is 1.35. The first-order valence-electron chi connectivity index (χ1n) is 6.96. The Hall–Kier alpha value is -2.75. The van der Waals surface area contributed by atoms with Crippen LogP contribution in [0.25, 0.3) is 0 Å². The first-order valence-corrected chi connectivity index (χ1v) is 7.37. The molecule has 0 heterocycles. The molecule has 0 bridgehead atoms. The minimum absolute atomic E-state index is 0.0176. The Labute approximate surface area is 143 Å². The molecule has 1 rings (SSSR count). The van der Waals surface area contributed by atoms with Gasteiger partial charge in [0.25, 0.3) is 5.69 Å². The molecule has 0 aliphatic carbocycles. The molecule has 0 saturated carbocycles. The molecular weight excluding hydrogens is 338 g/mol. The fourth-order valence-electron chi connectivity index (χ4n) is 1.69. The molecule has 0 radical (unpaired) electrons. The number of methoxy groups -OCH3 is 1. The highest BCUT2D eigenvalue weighted by Crippen LogP contribution is 2.28. The fourth-order valence-corrected chi connectivity index (χ4v) is 1.91. The lowest BCUT2D eigenvalue weighted by molar-refractivity contribution is -0.384. The summed E-state index contributed by atoms with van der Waals surface area (Å²) >= 11 is 4.99. The molecule has 130 valence electrons. The molecule has 24 heavy (non-hydrogen) atoms. The molecule has 0 saturated heterocycles. The second kappa shape index (κ2) is 9.40. The van der Waals surface area contributed by atoms with Gasteiger partial charge in [-0.2, -0.15) is 0 Å². The van der Waals surface area contributed by atoms with Crippen LogP contribution >= 0.6 is 12.2 Å². The monoisotopic (exact) mass is 355 g/mol. The van der Waals surface area contributed by atoms with Crippen molar-refractivity contribution < 1.29 is 24.0 Å². The van der Waals surface area contributed by atoms with Crippen molar-refractivity contribution in [2.75, 3.05) is 19.0 Å². The van der Waals surface area contributed by atoms with Crippen LogP contribution in [-0.4, -0.2) is 35.6 Å². The van der Waals surface area contributed by atoms with Crippen LogP contribution in [-0.2, 0) is 14.3 Å². The Kier molecular flexibility index (Phi) is 7.56. The molecule has 1 aromatic rings. The number of hydrogen-bond acceptors (Lipinski definition) is 7. The number of carbonyl (C=O) groups is 2. The van der Waals surface area contributed by atoms with Gasteiger partial charge in [-0.1, -0.05) is 0 Å². The van der Waals surface area contributed by atoms with E-state index in [4.69, 9.17) is 21.7 Å². The van der Waals surface area contributed by atoms with Gasteiger partial charge in [-0.25, -0.2) is 0 Å². The number of ether oxygens (including phenoxy) is 2. The summed E-state index contributed by atoms with van der Waals surface area (Å²) in [5.74, 6) is -0.725. The van der Waals surface area contributed by atoms with Gasteiger partial charge in [-0.05, 0) is 25.2 Å². The minimum Gasteiger partial charge on any atom is -0.494 e. The van der Waals surface area contributed by atoms with Crippen LogP contribution in [0.1, 0.15) is 19.8 Å². The summed E-state index contributed by atoms with van der Waals surface area (Å²) < 4.78 is 9.76. The van der Waals surface area contributed by atoms with Crippen molar-refractivity contribution in [2.24, 2.45) is 0 Å². The van der Waals surface area contributed by atoms with Gasteiger partial charge in [0.1, 0.15) is 5.75 Å². The molecule has 1 aromatic carbocycles. The molecular formula is C14H17N3O6S. The Morgan fingerprint density at radius 2 is 2.04 bits per heavy atom. The first kappa shape index (κ1) is 19.3. The Bertz CT molecular complexity index is 649. The average molecular weight is 355 g/mol. The lowest BCUT2D eigenvalue weighted by Crippen LogP contribution is -2.34. The molecule has 0 aliphatic rings. The van der Waals surface area contributed by atoms with E-state index in [0.717, 1.165) is 0 Å². The molecule has 1 amide bonds. The van der Waals surface area contributed by atoms with Gasteiger partial charge >= 0.3 is 5.97 Å². The highest BCUT2D eigenvalue weighted by molar-refractivity contribution is 7.80. The summed E-state index contributed by atoms with van der Waals surface area (Å²) in [6.45, 7) is 1.93. The van der Waals surface area contributed by atoms with Crippen molar-refractivity contribution in [3.8, 4) is 5.75 Å². The van der Waals surface area contributed by atoms with Crippen molar-refractivity contribution in [1.29, 1.82) is 0 Å².